The first-order chi connectivity index (χ1) is 14.4. The van der Waals surface area contributed by atoms with Crippen LogP contribution in [0.1, 0.15) is 6.92 Å². The predicted molar refractivity (Wildman–Crippen MR) is 114 cm³/mol. The van der Waals surface area contributed by atoms with E-state index in [9.17, 15) is 13.3 Å². The fourth-order valence-corrected chi connectivity index (χ4v) is 3.07. The summed E-state index contributed by atoms with van der Waals surface area (Å²) in [5.41, 5.74) is 7.74. The van der Waals surface area contributed by atoms with E-state index in [4.69, 9.17) is 15.2 Å². The summed E-state index contributed by atoms with van der Waals surface area (Å²) in [6, 6.07) is 9.48. The molecule has 1 atom stereocenters. The van der Waals surface area contributed by atoms with Gasteiger partial charge in [0.15, 0.2) is 17.3 Å². The molecule has 1 aromatic heterocycles. The molecule has 10 heteroatoms. The van der Waals surface area contributed by atoms with Crippen molar-refractivity contribution in [2.24, 2.45) is 0 Å². The van der Waals surface area contributed by atoms with E-state index in [1.165, 1.54) is 19.4 Å². The quantitative estimate of drug-likeness (QED) is 0.446. The van der Waals surface area contributed by atoms with Gasteiger partial charge in [0, 0.05) is 12.3 Å². The molecule has 1 unspecified atom stereocenters. The number of ether oxygens (including phenoxy) is 2. The number of pyridine rings is 1. The van der Waals surface area contributed by atoms with Gasteiger partial charge in [-0.05, 0) is 43.3 Å². The van der Waals surface area contributed by atoms with Crippen molar-refractivity contribution < 1.29 is 22.8 Å². The molecule has 4 N–H and O–H groups in total. The zero-order valence-corrected chi connectivity index (χ0v) is 17.1. The standard InChI is InChI=1S/C20H20F2N4O3S/c1-3-30(27)26-13-5-7-18(29-17-6-4-12(21)10-14(17)22)16(11-13)25-15-8-9-24-20(28-2)19(15)23/h4-11,26H,3,23H2,1-2H3,(H,24,25). The van der Waals surface area contributed by atoms with E-state index < -0.39 is 23.0 Å². The number of nitrogens with two attached hydrogens (primary N) is 1. The van der Waals surface area contributed by atoms with Gasteiger partial charge in [-0.25, -0.2) is 18.5 Å². The fraction of sp³-hybridized carbons (Fsp3) is 0.150. The molecule has 0 fully saturated rings. The Bertz CT molecular complexity index is 1040. The molecule has 0 amide bonds. The fourth-order valence-electron chi connectivity index (χ4n) is 2.53. The van der Waals surface area contributed by atoms with Crippen molar-refractivity contribution in [2.45, 2.75) is 6.92 Å². The number of nitrogens with one attached hydrogen (secondary N) is 2. The molecule has 0 aliphatic rings. The first kappa shape index (κ1) is 21.5. The molecule has 30 heavy (non-hydrogen) atoms. The van der Waals surface area contributed by atoms with Crippen LogP contribution >= 0.6 is 0 Å². The molecule has 0 bridgehead atoms. The molecular weight excluding hydrogens is 414 g/mol. The number of nitrogens with zero attached hydrogens (tertiary/aromatic N) is 1. The maximum absolute atomic E-state index is 14.1. The molecule has 3 aromatic rings. The van der Waals surface area contributed by atoms with Crippen molar-refractivity contribution >= 4 is 34.1 Å². The molecule has 0 saturated carbocycles. The Labute approximate surface area is 175 Å². The summed E-state index contributed by atoms with van der Waals surface area (Å²) in [5, 5.41) is 3.09. The first-order valence-electron chi connectivity index (χ1n) is 8.88. The topological polar surface area (TPSA) is 104 Å². The molecule has 0 aliphatic heterocycles. The lowest BCUT2D eigenvalue weighted by atomic mass is 10.2. The normalized spacial score (nSPS) is 11.6. The van der Waals surface area contributed by atoms with Gasteiger partial charge in [-0.2, -0.15) is 0 Å². The maximum atomic E-state index is 14.1. The van der Waals surface area contributed by atoms with Crippen LogP contribution in [0.25, 0.3) is 0 Å². The second-order valence-corrected chi connectivity index (χ2v) is 7.50. The lowest BCUT2D eigenvalue weighted by Crippen LogP contribution is -2.14. The van der Waals surface area contributed by atoms with Crippen LogP contribution in [0.5, 0.6) is 17.4 Å². The van der Waals surface area contributed by atoms with E-state index in [-0.39, 0.29) is 23.1 Å². The lowest BCUT2D eigenvalue weighted by molar-refractivity contribution is 0.400. The molecule has 0 aliphatic carbocycles. The lowest BCUT2D eigenvalue weighted by Gasteiger charge is -2.17. The van der Waals surface area contributed by atoms with Gasteiger partial charge in [-0.15, -0.1) is 0 Å². The summed E-state index contributed by atoms with van der Waals surface area (Å²) in [5.74, 6) is -0.831. The highest BCUT2D eigenvalue weighted by atomic mass is 32.2. The highest BCUT2D eigenvalue weighted by Crippen LogP contribution is 2.37. The highest BCUT2D eigenvalue weighted by Gasteiger charge is 2.15. The number of benzene rings is 2. The van der Waals surface area contributed by atoms with Crippen LogP contribution in [0.15, 0.2) is 48.7 Å². The minimum Gasteiger partial charge on any atom is -0.593 e. The summed E-state index contributed by atoms with van der Waals surface area (Å²) < 4.78 is 52.8. The minimum absolute atomic E-state index is 0.155. The van der Waals surface area contributed by atoms with Crippen molar-refractivity contribution in [2.75, 3.05) is 28.6 Å². The third-order valence-electron chi connectivity index (χ3n) is 4.00. The van der Waals surface area contributed by atoms with E-state index >= 15 is 0 Å². The Hall–Kier alpha value is -3.24. The van der Waals surface area contributed by atoms with E-state index in [0.29, 0.717) is 22.8 Å². The van der Waals surface area contributed by atoms with Gasteiger partial charge in [-0.3, -0.25) is 0 Å². The molecule has 2 aromatic carbocycles. The Morgan fingerprint density at radius 3 is 2.57 bits per heavy atom. The smallest absolute Gasteiger partial charge is 0.239 e. The molecule has 0 radical (unpaired) electrons. The number of rotatable bonds is 8. The van der Waals surface area contributed by atoms with E-state index in [1.807, 2.05) is 0 Å². The van der Waals surface area contributed by atoms with Crippen LogP contribution in [0.3, 0.4) is 0 Å². The monoisotopic (exact) mass is 434 g/mol. The molecule has 1 heterocycles. The van der Waals surface area contributed by atoms with E-state index in [0.717, 1.165) is 12.1 Å². The third-order valence-corrected chi connectivity index (χ3v) is 4.99. The van der Waals surface area contributed by atoms with Crippen LogP contribution in [-0.2, 0) is 11.4 Å². The number of halogens is 2. The Kier molecular flexibility index (Phi) is 6.80. The maximum Gasteiger partial charge on any atom is 0.239 e. The number of nitrogen functional groups attached to an aromatic ring is 1. The van der Waals surface area contributed by atoms with Crippen molar-refractivity contribution in [3.63, 3.8) is 0 Å². The molecule has 7 nitrogen and oxygen atoms in total. The van der Waals surface area contributed by atoms with Crippen LogP contribution in [0, 0.1) is 11.6 Å². The van der Waals surface area contributed by atoms with E-state index in [1.54, 1.807) is 31.2 Å². The molecule has 158 valence electrons. The number of hydrogen-bond donors (Lipinski definition) is 3. The van der Waals surface area contributed by atoms with Gasteiger partial charge in [0.25, 0.3) is 0 Å². The zero-order valence-electron chi connectivity index (χ0n) is 16.2. The predicted octanol–water partition coefficient (Wildman–Crippen LogP) is 4.58. The SMILES string of the molecule is CC[S+]([O-])Nc1ccc(Oc2ccc(F)cc2F)c(Nc2ccnc(OC)c2N)c1. The summed E-state index contributed by atoms with van der Waals surface area (Å²) in [6.45, 7) is 1.78. The van der Waals surface area contributed by atoms with Crippen molar-refractivity contribution in [3.05, 3.63) is 60.3 Å². The molecule has 3 rings (SSSR count). The average Bonchev–Trinajstić information content (AvgIpc) is 2.73. The number of aromatic nitrogens is 1. The Morgan fingerprint density at radius 2 is 1.87 bits per heavy atom. The Balaban J connectivity index is 1.99. The molecular formula is C20H20F2N4O3S. The van der Waals surface area contributed by atoms with Gasteiger partial charge < -0.3 is 25.1 Å². The second kappa shape index (κ2) is 9.51. The molecule has 0 spiro atoms. The Morgan fingerprint density at radius 1 is 1.10 bits per heavy atom. The van der Waals surface area contributed by atoms with Crippen molar-refractivity contribution in [3.8, 4) is 17.4 Å². The number of anilines is 4. The van der Waals surface area contributed by atoms with Gasteiger partial charge in [0.2, 0.25) is 5.88 Å². The van der Waals surface area contributed by atoms with Gasteiger partial charge in [0.1, 0.15) is 17.3 Å². The van der Waals surface area contributed by atoms with Crippen LogP contribution in [-0.4, -0.2) is 22.4 Å². The van der Waals surface area contributed by atoms with Crippen molar-refractivity contribution in [1.29, 1.82) is 0 Å². The van der Waals surface area contributed by atoms with Gasteiger partial charge in [-0.1, -0.05) is 0 Å². The van der Waals surface area contributed by atoms with Crippen LogP contribution < -0.4 is 25.2 Å². The largest absolute Gasteiger partial charge is 0.593 e. The number of methoxy groups -OCH3 is 1. The number of hydrogen-bond acceptors (Lipinski definition) is 7. The second-order valence-electron chi connectivity index (χ2n) is 6.03. The zero-order chi connectivity index (χ0) is 21.7. The van der Waals surface area contributed by atoms with Crippen LogP contribution in [0.2, 0.25) is 0 Å². The van der Waals surface area contributed by atoms with Crippen molar-refractivity contribution in [1.82, 2.24) is 4.98 Å². The third kappa shape index (κ3) is 5.02. The summed E-state index contributed by atoms with van der Waals surface area (Å²) in [7, 11) is 1.44. The van der Waals surface area contributed by atoms with Gasteiger partial charge in [0.05, 0.1) is 35.5 Å². The molecule has 0 saturated heterocycles. The summed E-state index contributed by atoms with van der Waals surface area (Å²) in [4.78, 5) is 4.02. The highest BCUT2D eigenvalue weighted by molar-refractivity contribution is 7.92. The van der Waals surface area contributed by atoms with Crippen LogP contribution in [0.4, 0.5) is 31.5 Å². The summed E-state index contributed by atoms with van der Waals surface area (Å²) >= 11 is -1.27. The van der Waals surface area contributed by atoms with E-state index in [2.05, 4.69) is 15.0 Å². The summed E-state index contributed by atoms with van der Waals surface area (Å²) in [6.07, 6.45) is 1.51. The first-order valence-corrected chi connectivity index (χ1v) is 10.2. The average molecular weight is 434 g/mol. The minimum atomic E-state index is -1.27. The van der Waals surface area contributed by atoms with Gasteiger partial charge >= 0.3 is 0 Å².